The second kappa shape index (κ2) is 8.09. The highest BCUT2D eigenvalue weighted by Crippen LogP contribution is 2.20. The highest BCUT2D eigenvalue weighted by atomic mass is 35.5. The molecule has 1 aromatic heterocycles. The topological polar surface area (TPSA) is 54.0 Å². The van der Waals surface area contributed by atoms with E-state index in [0.717, 1.165) is 17.7 Å². The van der Waals surface area contributed by atoms with Gasteiger partial charge in [0.1, 0.15) is 5.69 Å². The van der Waals surface area contributed by atoms with Crippen molar-refractivity contribution < 1.29 is 18.0 Å². The number of carbonyl (C=O) groups is 1. The van der Waals surface area contributed by atoms with Crippen LogP contribution in [0.25, 0.3) is 0 Å². The fraction of sp³-hybridized carbons (Fsp3) is 0.0526. The third kappa shape index (κ3) is 4.38. The van der Waals surface area contributed by atoms with E-state index in [-0.39, 0.29) is 5.69 Å². The summed E-state index contributed by atoms with van der Waals surface area (Å²) >= 11 is 6.08. The molecule has 0 saturated carbocycles. The van der Waals surface area contributed by atoms with Gasteiger partial charge in [-0.15, -0.1) is 0 Å². The molecule has 3 aromatic rings. The molecule has 2 N–H and O–H groups in total. The van der Waals surface area contributed by atoms with Crippen LogP contribution >= 0.6 is 11.6 Å². The van der Waals surface area contributed by atoms with E-state index in [0.29, 0.717) is 17.3 Å². The third-order valence-electron chi connectivity index (χ3n) is 3.72. The Balaban J connectivity index is 1.65. The number of rotatable bonds is 5. The Hall–Kier alpha value is -3.06. The Morgan fingerprint density at radius 2 is 1.78 bits per heavy atom. The molecular weight excluding hydrogens is 379 g/mol. The first-order valence-electron chi connectivity index (χ1n) is 7.84. The molecule has 3 rings (SSSR count). The summed E-state index contributed by atoms with van der Waals surface area (Å²) in [5.74, 6) is -5.21. The average Bonchev–Trinajstić information content (AvgIpc) is 2.68. The van der Waals surface area contributed by atoms with Gasteiger partial charge in [0.05, 0.1) is 17.6 Å². The quantitative estimate of drug-likeness (QED) is 0.601. The summed E-state index contributed by atoms with van der Waals surface area (Å²) in [6.45, 7) is 0.465. The lowest BCUT2D eigenvalue weighted by molar-refractivity contribution is 0.102. The minimum Gasteiger partial charge on any atom is -0.380 e. The van der Waals surface area contributed by atoms with Gasteiger partial charge in [-0.3, -0.25) is 4.79 Å². The molecular formula is C19H13ClF3N3O. The van der Waals surface area contributed by atoms with Crippen molar-refractivity contribution in [3.05, 3.63) is 88.5 Å². The number of carbonyl (C=O) groups excluding carboxylic acids is 1. The van der Waals surface area contributed by atoms with Crippen molar-refractivity contribution in [3.8, 4) is 0 Å². The van der Waals surface area contributed by atoms with E-state index in [1.54, 1.807) is 12.1 Å². The second-order valence-electron chi connectivity index (χ2n) is 5.55. The summed E-state index contributed by atoms with van der Waals surface area (Å²) in [6.07, 6.45) is 1.42. The minimum absolute atomic E-state index is 0.0116. The van der Waals surface area contributed by atoms with Gasteiger partial charge in [0.2, 0.25) is 0 Å². The fourth-order valence-corrected chi connectivity index (χ4v) is 2.48. The number of pyridine rings is 1. The number of anilines is 2. The van der Waals surface area contributed by atoms with Crippen molar-refractivity contribution in [1.82, 2.24) is 4.98 Å². The normalized spacial score (nSPS) is 10.5. The predicted octanol–water partition coefficient (Wildman–Crippen LogP) is 5.02. The number of hydrogen-bond acceptors (Lipinski definition) is 3. The van der Waals surface area contributed by atoms with Crippen LogP contribution < -0.4 is 10.6 Å². The van der Waals surface area contributed by atoms with Crippen LogP contribution in [0.3, 0.4) is 0 Å². The van der Waals surface area contributed by atoms with Crippen molar-refractivity contribution >= 4 is 28.9 Å². The van der Waals surface area contributed by atoms with Crippen LogP contribution in [0.1, 0.15) is 16.1 Å². The van der Waals surface area contributed by atoms with E-state index in [2.05, 4.69) is 15.6 Å². The van der Waals surface area contributed by atoms with Crippen LogP contribution in [0.2, 0.25) is 5.02 Å². The largest absolute Gasteiger partial charge is 0.380 e. The molecule has 27 heavy (non-hydrogen) atoms. The summed E-state index contributed by atoms with van der Waals surface area (Å²) < 4.78 is 39.8. The summed E-state index contributed by atoms with van der Waals surface area (Å²) in [5.41, 5.74) is 1.06. The molecule has 0 spiro atoms. The smallest absolute Gasteiger partial charge is 0.274 e. The van der Waals surface area contributed by atoms with Crippen molar-refractivity contribution in [3.63, 3.8) is 0 Å². The number of halogens is 4. The van der Waals surface area contributed by atoms with E-state index in [9.17, 15) is 18.0 Å². The van der Waals surface area contributed by atoms with Crippen LogP contribution in [0.15, 0.2) is 54.7 Å². The third-order valence-corrected chi connectivity index (χ3v) is 4.09. The number of benzene rings is 2. The van der Waals surface area contributed by atoms with E-state index < -0.39 is 29.0 Å². The van der Waals surface area contributed by atoms with Gasteiger partial charge in [-0.1, -0.05) is 29.8 Å². The van der Waals surface area contributed by atoms with Crippen LogP contribution in [-0.2, 0) is 6.54 Å². The molecule has 1 heterocycles. The molecule has 0 fully saturated rings. The van der Waals surface area contributed by atoms with Gasteiger partial charge in [-0.05, 0) is 35.9 Å². The van der Waals surface area contributed by atoms with Gasteiger partial charge in [0, 0.05) is 11.6 Å². The lowest BCUT2D eigenvalue weighted by atomic mass is 10.2. The van der Waals surface area contributed by atoms with E-state index in [4.69, 9.17) is 11.6 Å². The van der Waals surface area contributed by atoms with Gasteiger partial charge in [-0.2, -0.15) is 0 Å². The maximum atomic E-state index is 13.6. The first kappa shape index (κ1) is 18.7. The molecule has 0 unspecified atom stereocenters. The zero-order valence-corrected chi connectivity index (χ0v) is 14.5. The van der Waals surface area contributed by atoms with Gasteiger partial charge in [0.15, 0.2) is 17.5 Å². The molecule has 0 bridgehead atoms. The SMILES string of the molecule is O=C(Nc1ccc(F)c(F)c1F)c1ccc(NCc2ccccc2Cl)cn1. The van der Waals surface area contributed by atoms with Crippen molar-refractivity contribution in [1.29, 1.82) is 0 Å². The number of amides is 1. The maximum absolute atomic E-state index is 13.6. The van der Waals surface area contributed by atoms with Crippen LogP contribution in [0, 0.1) is 17.5 Å². The zero-order chi connectivity index (χ0) is 19.4. The molecule has 138 valence electrons. The number of nitrogens with one attached hydrogen (secondary N) is 2. The molecule has 0 atom stereocenters. The van der Waals surface area contributed by atoms with Crippen LogP contribution in [0.5, 0.6) is 0 Å². The molecule has 8 heteroatoms. The maximum Gasteiger partial charge on any atom is 0.274 e. The van der Waals surface area contributed by atoms with Crippen molar-refractivity contribution in [2.75, 3.05) is 10.6 Å². The Bertz CT molecular complexity index is 980. The highest BCUT2D eigenvalue weighted by Gasteiger charge is 2.16. The number of nitrogens with zero attached hydrogens (tertiary/aromatic N) is 1. The molecule has 4 nitrogen and oxygen atoms in total. The van der Waals surface area contributed by atoms with Gasteiger partial charge >= 0.3 is 0 Å². The molecule has 2 aromatic carbocycles. The Morgan fingerprint density at radius 1 is 1.00 bits per heavy atom. The van der Waals surface area contributed by atoms with Crippen LogP contribution in [-0.4, -0.2) is 10.9 Å². The molecule has 0 saturated heterocycles. The standard InChI is InChI=1S/C19H13ClF3N3O/c20-13-4-2-1-3-11(13)9-24-12-5-7-16(25-10-12)19(27)26-15-8-6-14(21)17(22)18(15)23/h1-8,10,24H,9H2,(H,26,27). The first-order valence-corrected chi connectivity index (χ1v) is 8.21. The van der Waals surface area contributed by atoms with E-state index in [1.807, 2.05) is 18.2 Å². The summed E-state index contributed by atoms with van der Waals surface area (Å²) in [7, 11) is 0. The molecule has 0 radical (unpaired) electrons. The highest BCUT2D eigenvalue weighted by molar-refractivity contribution is 6.31. The lowest BCUT2D eigenvalue weighted by Gasteiger charge is -2.09. The average molecular weight is 392 g/mol. The van der Waals surface area contributed by atoms with Gasteiger partial charge in [-0.25, -0.2) is 18.2 Å². The second-order valence-corrected chi connectivity index (χ2v) is 5.96. The summed E-state index contributed by atoms with van der Waals surface area (Å²) in [5, 5.41) is 5.90. The van der Waals surface area contributed by atoms with Crippen LogP contribution in [0.4, 0.5) is 24.5 Å². The Kier molecular flexibility index (Phi) is 5.61. The lowest BCUT2D eigenvalue weighted by Crippen LogP contribution is -2.15. The van der Waals surface area contributed by atoms with Gasteiger partial charge < -0.3 is 10.6 Å². The number of hydrogen-bond donors (Lipinski definition) is 2. The molecule has 0 aliphatic carbocycles. The Morgan fingerprint density at radius 3 is 2.48 bits per heavy atom. The van der Waals surface area contributed by atoms with E-state index in [1.165, 1.54) is 12.3 Å². The zero-order valence-electron chi connectivity index (χ0n) is 13.8. The monoisotopic (exact) mass is 391 g/mol. The Labute approximate surface area is 158 Å². The molecule has 0 aliphatic heterocycles. The van der Waals surface area contributed by atoms with E-state index >= 15 is 0 Å². The molecule has 0 aliphatic rings. The first-order chi connectivity index (χ1) is 13.0. The fourth-order valence-electron chi connectivity index (χ4n) is 2.28. The predicted molar refractivity (Wildman–Crippen MR) is 97.3 cm³/mol. The minimum atomic E-state index is -1.65. The van der Waals surface area contributed by atoms with Crippen molar-refractivity contribution in [2.45, 2.75) is 6.54 Å². The molecule has 1 amide bonds. The van der Waals surface area contributed by atoms with Gasteiger partial charge in [0.25, 0.3) is 5.91 Å². The number of aromatic nitrogens is 1. The summed E-state index contributed by atoms with van der Waals surface area (Å²) in [4.78, 5) is 16.1. The summed E-state index contributed by atoms with van der Waals surface area (Å²) in [6, 6.07) is 12.0. The van der Waals surface area contributed by atoms with Crippen molar-refractivity contribution in [2.24, 2.45) is 0 Å².